The predicted molar refractivity (Wildman–Crippen MR) is 136 cm³/mol. The van der Waals surface area contributed by atoms with Crippen LogP contribution in [0.4, 0.5) is 10.5 Å². The molecule has 2 heterocycles. The number of rotatable bonds is 7. The van der Waals surface area contributed by atoms with Crippen LogP contribution in [0.25, 0.3) is 0 Å². The van der Waals surface area contributed by atoms with Crippen LogP contribution >= 0.6 is 0 Å². The standard InChI is InChI=1S/C27H33N5O4/c1-17(2)13-21(30-25(34)19-8-6-7-18(14-19)15-28)26(35)31-12-11-22-24(31)23(33)16-32(22)27(36)29-20-9-4-3-5-10-20/h3-10,14,17,21-22,24H,11-13,15-16,28H2,1-2H3,(H,29,36)(H,30,34)/t21-,22-,24-/m0/s1. The summed E-state index contributed by atoms with van der Waals surface area (Å²) in [7, 11) is 0. The third-order valence-corrected chi connectivity index (χ3v) is 6.73. The van der Waals surface area contributed by atoms with E-state index in [2.05, 4.69) is 10.6 Å². The number of amides is 4. The minimum atomic E-state index is -0.780. The van der Waals surface area contributed by atoms with Crippen molar-refractivity contribution in [2.75, 3.05) is 18.4 Å². The molecule has 4 rings (SSSR count). The Morgan fingerprint density at radius 3 is 2.50 bits per heavy atom. The second kappa shape index (κ2) is 10.9. The van der Waals surface area contributed by atoms with Crippen LogP contribution in [0.5, 0.6) is 0 Å². The van der Waals surface area contributed by atoms with Crippen molar-refractivity contribution in [1.82, 2.24) is 15.1 Å². The Labute approximate surface area is 211 Å². The van der Waals surface area contributed by atoms with Gasteiger partial charge in [0.1, 0.15) is 12.1 Å². The van der Waals surface area contributed by atoms with Crippen LogP contribution < -0.4 is 16.4 Å². The van der Waals surface area contributed by atoms with Crippen LogP contribution in [0.2, 0.25) is 0 Å². The molecule has 0 aliphatic carbocycles. The van der Waals surface area contributed by atoms with Crippen LogP contribution in [0, 0.1) is 5.92 Å². The number of nitrogens with zero attached hydrogens (tertiary/aromatic N) is 2. The summed E-state index contributed by atoms with van der Waals surface area (Å²) in [6.45, 7) is 4.56. The summed E-state index contributed by atoms with van der Waals surface area (Å²) in [6.07, 6.45) is 0.937. The monoisotopic (exact) mass is 491 g/mol. The van der Waals surface area contributed by atoms with E-state index < -0.39 is 12.1 Å². The summed E-state index contributed by atoms with van der Waals surface area (Å²) in [5.74, 6) is -0.681. The Morgan fingerprint density at radius 2 is 1.81 bits per heavy atom. The first-order chi connectivity index (χ1) is 17.3. The number of hydrogen-bond donors (Lipinski definition) is 3. The van der Waals surface area contributed by atoms with E-state index in [4.69, 9.17) is 5.73 Å². The second-order valence-corrected chi connectivity index (χ2v) is 9.78. The molecular formula is C27H33N5O4. The molecule has 2 aliphatic rings. The van der Waals surface area contributed by atoms with Crippen molar-refractivity contribution in [2.45, 2.75) is 51.4 Å². The van der Waals surface area contributed by atoms with Crippen molar-refractivity contribution in [3.8, 4) is 0 Å². The third-order valence-electron chi connectivity index (χ3n) is 6.73. The lowest BCUT2D eigenvalue weighted by Gasteiger charge is -2.29. The number of carbonyl (C=O) groups excluding carboxylic acids is 4. The fourth-order valence-electron chi connectivity index (χ4n) is 5.03. The molecule has 9 heteroatoms. The molecule has 0 bridgehead atoms. The van der Waals surface area contributed by atoms with Gasteiger partial charge < -0.3 is 26.2 Å². The molecule has 4 amide bonds. The molecule has 2 aromatic rings. The van der Waals surface area contributed by atoms with Crippen molar-refractivity contribution in [3.63, 3.8) is 0 Å². The fraction of sp³-hybridized carbons (Fsp3) is 0.407. The number of Topliss-reactive ketones (excluding diaryl/α,β-unsaturated/α-hetero) is 1. The van der Waals surface area contributed by atoms with Crippen molar-refractivity contribution < 1.29 is 19.2 Å². The quantitative estimate of drug-likeness (QED) is 0.548. The minimum absolute atomic E-state index is 0.0507. The molecule has 3 atom stereocenters. The molecule has 9 nitrogen and oxygen atoms in total. The van der Waals surface area contributed by atoms with Gasteiger partial charge in [-0.2, -0.15) is 0 Å². The van der Waals surface area contributed by atoms with E-state index in [9.17, 15) is 19.2 Å². The highest BCUT2D eigenvalue weighted by Gasteiger charge is 2.52. The maximum atomic E-state index is 13.6. The Balaban J connectivity index is 1.48. The number of likely N-dealkylation sites (tertiary alicyclic amines) is 2. The minimum Gasteiger partial charge on any atom is -0.340 e. The Hall–Kier alpha value is -3.72. The lowest BCUT2D eigenvalue weighted by atomic mass is 10.0. The molecule has 2 fully saturated rings. The average Bonchev–Trinajstić information content (AvgIpc) is 3.45. The first-order valence-corrected chi connectivity index (χ1v) is 12.3. The van der Waals surface area contributed by atoms with Crippen LogP contribution in [0.1, 0.15) is 42.6 Å². The molecule has 0 aromatic heterocycles. The average molecular weight is 492 g/mol. The number of nitrogens with one attached hydrogen (secondary N) is 2. The lowest BCUT2D eigenvalue weighted by molar-refractivity contribution is -0.138. The van der Waals surface area contributed by atoms with Gasteiger partial charge in [-0.15, -0.1) is 0 Å². The van der Waals surface area contributed by atoms with Gasteiger partial charge in [0.25, 0.3) is 5.91 Å². The summed E-state index contributed by atoms with van der Waals surface area (Å²) in [5.41, 5.74) is 7.59. The highest BCUT2D eigenvalue weighted by Crippen LogP contribution is 2.31. The molecule has 0 radical (unpaired) electrons. The SMILES string of the molecule is CC(C)C[C@H](NC(=O)c1cccc(CN)c1)C(=O)N1CC[C@H]2[C@H]1C(=O)CN2C(=O)Nc1ccccc1. The molecule has 0 unspecified atom stereocenters. The van der Waals surface area contributed by atoms with E-state index in [-0.39, 0.29) is 42.1 Å². The second-order valence-electron chi connectivity index (χ2n) is 9.78. The van der Waals surface area contributed by atoms with Crippen LogP contribution in [0.3, 0.4) is 0 Å². The number of nitrogens with two attached hydrogens (primary N) is 1. The van der Waals surface area contributed by atoms with E-state index in [1.54, 1.807) is 35.2 Å². The Kier molecular flexibility index (Phi) is 7.69. The Bertz CT molecular complexity index is 1140. The van der Waals surface area contributed by atoms with Crippen molar-refractivity contribution in [1.29, 1.82) is 0 Å². The van der Waals surface area contributed by atoms with Gasteiger partial charge in [0, 0.05) is 24.3 Å². The fourth-order valence-corrected chi connectivity index (χ4v) is 5.03. The number of ketones is 1. The zero-order valence-corrected chi connectivity index (χ0v) is 20.6. The van der Waals surface area contributed by atoms with E-state index in [0.29, 0.717) is 37.2 Å². The molecule has 0 saturated carbocycles. The number of para-hydroxylation sites is 1. The van der Waals surface area contributed by atoms with Crippen molar-refractivity contribution in [3.05, 3.63) is 65.7 Å². The number of carbonyl (C=O) groups is 4. The normalized spacial score (nSPS) is 19.8. The highest BCUT2D eigenvalue weighted by atomic mass is 16.2. The van der Waals surface area contributed by atoms with E-state index in [1.807, 2.05) is 38.1 Å². The molecule has 0 spiro atoms. The summed E-state index contributed by atoms with van der Waals surface area (Å²) < 4.78 is 0. The van der Waals surface area contributed by atoms with Crippen molar-refractivity contribution in [2.24, 2.45) is 11.7 Å². The van der Waals surface area contributed by atoms with Crippen LogP contribution in [-0.2, 0) is 16.1 Å². The number of hydrogen-bond acceptors (Lipinski definition) is 5. The van der Waals surface area contributed by atoms with Crippen molar-refractivity contribution >= 4 is 29.3 Å². The first-order valence-electron chi connectivity index (χ1n) is 12.3. The molecule has 4 N–H and O–H groups in total. The lowest BCUT2D eigenvalue weighted by Crippen LogP contribution is -2.53. The molecular weight excluding hydrogens is 458 g/mol. The topological polar surface area (TPSA) is 125 Å². The summed E-state index contributed by atoms with van der Waals surface area (Å²) in [4.78, 5) is 55.6. The van der Waals surface area contributed by atoms with E-state index in [1.165, 1.54) is 4.90 Å². The largest absolute Gasteiger partial charge is 0.340 e. The van der Waals surface area contributed by atoms with Gasteiger partial charge in [0.15, 0.2) is 5.78 Å². The van der Waals surface area contributed by atoms with Gasteiger partial charge in [-0.1, -0.05) is 44.2 Å². The number of benzene rings is 2. The summed E-state index contributed by atoms with van der Waals surface area (Å²) in [5, 5.41) is 5.71. The maximum absolute atomic E-state index is 13.6. The summed E-state index contributed by atoms with van der Waals surface area (Å²) >= 11 is 0. The predicted octanol–water partition coefficient (Wildman–Crippen LogP) is 2.38. The zero-order valence-electron chi connectivity index (χ0n) is 20.6. The third kappa shape index (κ3) is 5.41. The molecule has 36 heavy (non-hydrogen) atoms. The number of anilines is 1. The highest BCUT2D eigenvalue weighted by molar-refractivity contribution is 6.02. The van der Waals surface area contributed by atoms with Gasteiger partial charge in [-0.3, -0.25) is 14.4 Å². The number of fused-ring (bicyclic) bond motifs is 1. The van der Waals surface area contributed by atoms with E-state index >= 15 is 0 Å². The van der Waals surface area contributed by atoms with Gasteiger partial charge in [-0.25, -0.2) is 4.79 Å². The number of urea groups is 1. The molecule has 2 saturated heterocycles. The summed E-state index contributed by atoms with van der Waals surface area (Å²) in [6, 6.07) is 13.8. The maximum Gasteiger partial charge on any atom is 0.322 e. The van der Waals surface area contributed by atoms with E-state index in [0.717, 1.165) is 5.56 Å². The van der Waals surface area contributed by atoms with Gasteiger partial charge in [0.05, 0.1) is 12.6 Å². The smallest absolute Gasteiger partial charge is 0.322 e. The van der Waals surface area contributed by atoms with Crippen LogP contribution in [0.15, 0.2) is 54.6 Å². The van der Waals surface area contributed by atoms with Gasteiger partial charge >= 0.3 is 6.03 Å². The first kappa shape index (κ1) is 25.4. The molecule has 2 aliphatic heterocycles. The molecule has 190 valence electrons. The Morgan fingerprint density at radius 1 is 1.06 bits per heavy atom. The van der Waals surface area contributed by atoms with Gasteiger partial charge in [0.2, 0.25) is 5.91 Å². The zero-order chi connectivity index (χ0) is 25.8. The van der Waals surface area contributed by atoms with Crippen LogP contribution in [-0.4, -0.2) is 64.6 Å². The molecule has 2 aromatic carbocycles. The van der Waals surface area contributed by atoms with Gasteiger partial charge in [-0.05, 0) is 48.6 Å².